The van der Waals surface area contributed by atoms with Crippen LogP contribution in [0.25, 0.3) is 0 Å². The summed E-state index contributed by atoms with van der Waals surface area (Å²) in [6.45, 7) is 5.81. The zero-order valence-corrected chi connectivity index (χ0v) is 14.7. The molecule has 0 heterocycles. The van der Waals surface area contributed by atoms with Crippen LogP contribution in [0, 0.1) is 5.92 Å². The molecule has 0 amide bonds. The Hall–Kier alpha value is -1.41. The normalized spacial score (nSPS) is 14.4. The minimum absolute atomic E-state index is 0.0987. The first-order valence-electron chi connectivity index (χ1n) is 7.76. The average Bonchev–Trinajstić information content (AvgIpc) is 2.49. The summed E-state index contributed by atoms with van der Waals surface area (Å²) in [4.78, 5) is 22.9. The predicted molar refractivity (Wildman–Crippen MR) is 85.1 cm³/mol. The maximum atomic E-state index is 11.5. The summed E-state index contributed by atoms with van der Waals surface area (Å²) in [5.41, 5.74) is -1.64. The molecule has 0 aromatic rings. The minimum Gasteiger partial charge on any atom is -0.462 e. The van der Waals surface area contributed by atoms with Gasteiger partial charge in [-0.1, -0.05) is 40.0 Å². The summed E-state index contributed by atoms with van der Waals surface area (Å²) in [6.07, 6.45) is 5.56. The number of carbonyl (C=O) groups is 2. The van der Waals surface area contributed by atoms with Gasteiger partial charge in [0.2, 0.25) is 5.44 Å². The molecule has 7 nitrogen and oxygen atoms in total. The fraction of sp³-hybridized carbons (Fsp3) is 0.733. The van der Waals surface area contributed by atoms with Crippen LogP contribution in [-0.4, -0.2) is 37.0 Å². The zero-order chi connectivity index (χ0) is 17.9. The number of carbonyl (C=O) groups excluding carboxylic acids is 2. The van der Waals surface area contributed by atoms with Gasteiger partial charge in [-0.2, -0.15) is 8.42 Å². The molecule has 0 rings (SSSR count). The van der Waals surface area contributed by atoms with E-state index in [0.29, 0.717) is 0 Å². The highest BCUT2D eigenvalue weighted by atomic mass is 32.2. The molecule has 2 unspecified atom stereocenters. The second kappa shape index (κ2) is 11.2. The lowest BCUT2D eigenvalue weighted by Crippen LogP contribution is -2.25. The van der Waals surface area contributed by atoms with Gasteiger partial charge in [0.05, 0.1) is 6.61 Å². The third-order valence-corrected chi connectivity index (χ3v) is 4.37. The van der Waals surface area contributed by atoms with Crippen molar-refractivity contribution in [3.63, 3.8) is 0 Å². The van der Waals surface area contributed by atoms with Crippen molar-refractivity contribution in [2.75, 3.05) is 6.61 Å². The van der Waals surface area contributed by atoms with Gasteiger partial charge < -0.3 is 9.47 Å². The Morgan fingerprint density at radius 3 is 2.17 bits per heavy atom. The third-order valence-electron chi connectivity index (χ3n) is 3.27. The second-order valence-corrected chi connectivity index (χ2v) is 6.73. The van der Waals surface area contributed by atoms with Gasteiger partial charge in [-0.15, -0.1) is 0 Å². The summed E-state index contributed by atoms with van der Waals surface area (Å²) >= 11 is 0. The number of hydrogen-bond donors (Lipinski definition) is 1. The first-order valence-corrected chi connectivity index (χ1v) is 9.26. The lowest BCUT2D eigenvalue weighted by Gasteiger charge is -2.13. The topological polar surface area (TPSA) is 107 Å². The summed E-state index contributed by atoms with van der Waals surface area (Å²) < 4.78 is 40.2. The van der Waals surface area contributed by atoms with Gasteiger partial charge in [0, 0.05) is 12.2 Å². The van der Waals surface area contributed by atoms with Crippen molar-refractivity contribution in [3.05, 3.63) is 12.2 Å². The summed E-state index contributed by atoms with van der Waals surface area (Å²) in [5.74, 6) is -1.45. The lowest BCUT2D eigenvalue weighted by molar-refractivity contribution is -0.142. The van der Waals surface area contributed by atoms with Crippen molar-refractivity contribution in [2.45, 2.75) is 58.3 Å². The third kappa shape index (κ3) is 10.1. The highest BCUT2D eigenvalue weighted by Gasteiger charge is 2.24. The Morgan fingerprint density at radius 1 is 1.09 bits per heavy atom. The van der Waals surface area contributed by atoms with E-state index >= 15 is 0 Å². The molecule has 0 spiro atoms. The zero-order valence-electron chi connectivity index (χ0n) is 13.9. The largest absolute Gasteiger partial charge is 0.462 e. The van der Waals surface area contributed by atoms with Gasteiger partial charge in [0.15, 0.2) is 0 Å². The Bertz CT molecular complexity index is 496. The summed E-state index contributed by atoms with van der Waals surface area (Å²) in [7, 11) is -4.48. The molecule has 0 aliphatic rings. The van der Waals surface area contributed by atoms with Crippen LogP contribution in [0.4, 0.5) is 0 Å². The SMILES string of the molecule is CCCCC(CC)COC(=O)/C=C\C(=O)OC(CC)S(=O)(=O)O. The van der Waals surface area contributed by atoms with Crippen molar-refractivity contribution in [1.82, 2.24) is 0 Å². The maximum Gasteiger partial charge on any atom is 0.332 e. The molecular formula is C15H26O7S. The molecule has 0 aliphatic carbocycles. The van der Waals surface area contributed by atoms with Crippen molar-refractivity contribution >= 4 is 22.1 Å². The molecule has 0 saturated carbocycles. The number of rotatable bonds is 11. The standard InChI is InChI=1S/C15H26O7S/c1-4-7-8-12(5-2)11-21-13(16)9-10-14(17)22-15(6-3)23(18,19)20/h9-10,12,15H,4-8,11H2,1-3H3,(H,18,19,20)/b10-9-. The van der Waals surface area contributed by atoms with Crippen LogP contribution in [0.5, 0.6) is 0 Å². The maximum absolute atomic E-state index is 11.5. The van der Waals surface area contributed by atoms with E-state index in [1.54, 1.807) is 0 Å². The van der Waals surface area contributed by atoms with Gasteiger partial charge in [-0.25, -0.2) is 9.59 Å². The molecule has 1 N–H and O–H groups in total. The van der Waals surface area contributed by atoms with E-state index in [4.69, 9.17) is 9.29 Å². The van der Waals surface area contributed by atoms with E-state index in [-0.39, 0.29) is 18.9 Å². The van der Waals surface area contributed by atoms with Crippen LogP contribution >= 0.6 is 0 Å². The van der Waals surface area contributed by atoms with Crippen molar-refractivity contribution in [1.29, 1.82) is 0 Å². The van der Waals surface area contributed by atoms with Crippen LogP contribution in [-0.2, 0) is 29.2 Å². The average molecular weight is 350 g/mol. The Morgan fingerprint density at radius 2 is 1.70 bits per heavy atom. The van der Waals surface area contributed by atoms with Gasteiger partial charge >= 0.3 is 22.1 Å². The number of unbranched alkanes of at least 4 members (excludes halogenated alkanes) is 1. The van der Waals surface area contributed by atoms with Gasteiger partial charge in [0.1, 0.15) is 0 Å². The van der Waals surface area contributed by atoms with E-state index in [2.05, 4.69) is 11.7 Å². The van der Waals surface area contributed by atoms with Crippen LogP contribution in [0.15, 0.2) is 12.2 Å². The molecule has 8 heteroatoms. The minimum atomic E-state index is -4.48. The smallest absolute Gasteiger partial charge is 0.332 e. The fourth-order valence-corrected chi connectivity index (χ4v) is 2.44. The van der Waals surface area contributed by atoms with Gasteiger partial charge in [-0.3, -0.25) is 4.55 Å². The molecule has 0 aliphatic heterocycles. The van der Waals surface area contributed by atoms with Crippen molar-refractivity contribution in [2.24, 2.45) is 5.92 Å². The summed E-state index contributed by atoms with van der Waals surface area (Å²) in [5, 5.41) is 0. The molecule has 0 saturated heterocycles. The van der Waals surface area contributed by atoms with Crippen LogP contribution in [0.1, 0.15) is 52.9 Å². The fourth-order valence-electron chi connectivity index (χ4n) is 1.81. The highest BCUT2D eigenvalue weighted by molar-refractivity contribution is 7.86. The van der Waals surface area contributed by atoms with E-state index in [1.165, 1.54) is 6.92 Å². The number of esters is 2. The van der Waals surface area contributed by atoms with Gasteiger partial charge in [0.25, 0.3) is 0 Å². The van der Waals surface area contributed by atoms with Crippen LogP contribution < -0.4 is 0 Å². The molecule has 0 bridgehead atoms. The Kier molecular flexibility index (Phi) is 10.5. The quantitative estimate of drug-likeness (QED) is 0.346. The molecule has 134 valence electrons. The van der Waals surface area contributed by atoms with Crippen molar-refractivity contribution < 1.29 is 32.0 Å². The first-order chi connectivity index (χ1) is 10.7. The van der Waals surface area contributed by atoms with Crippen LogP contribution in [0.3, 0.4) is 0 Å². The Balaban J connectivity index is 4.33. The summed E-state index contributed by atoms with van der Waals surface area (Å²) in [6, 6.07) is 0. The predicted octanol–water partition coefficient (Wildman–Crippen LogP) is 2.47. The van der Waals surface area contributed by atoms with Gasteiger partial charge in [-0.05, 0) is 18.8 Å². The molecule has 2 atom stereocenters. The highest BCUT2D eigenvalue weighted by Crippen LogP contribution is 2.13. The lowest BCUT2D eigenvalue weighted by atomic mass is 10.0. The Labute approximate surface area is 137 Å². The first kappa shape index (κ1) is 21.6. The second-order valence-electron chi connectivity index (χ2n) is 5.17. The molecule has 0 aromatic heterocycles. The van der Waals surface area contributed by atoms with E-state index in [9.17, 15) is 18.0 Å². The van der Waals surface area contributed by atoms with E-state index in [1.807, 2.05) is 6.92 Å². The number of hydrogen-bond acceptors (Lipinski definition) is 6. The molecule has 0 aromatic carbocycles. The van der Waals surface area contributed by atoms with E-state index < -0.39 is 27.5 Å². The monoisotopic (exact) mass is 350 g/mol. The van der Waals surface area contributed by atoms with Crippen molar-refractivity contribution in [3.8, 4) is 0 Å². The number of ether oxygens (including phenoxy) is 2. The van der Waals surface area contributed by atoms with Crippen LogP contribution in [0.2, 0.25) is 0 Å². The molecule has 0 radical (unpaired) electrons. The molecule has 23 heavy (non-hydrogen) atoms. The molecule has 0 fully saturated rings. The molecular weight excluding hydrogens is 324 g/mol. The van der Waals surface area contributed by atoms with E-state index in [0.717, 1.165) is 37.8 Å².